The first-order valence-corrected chi connectivity index (χ1v) is 13.5. The van der Waals surface area contributed by atoms with Crippen LogP contribution in [0.5, 0.6) is 0 Å². The van der Waals surface area contributed by atoms with E-state index in [9.17, 15) is 14.4 Å². The smallest absolute Gasteiger partial charge is 0.408 e. The molecule has 0 spiro atoms. The number of carbonyl (C=O) groups is 3. The van der Waals surface area contributed by atoms with E-state index >= 15 is 0 Å². The molecule has 0 radical (unpaired) electrons. The molecule has 1 rings (SSSR count). The zero-order valence-electron chi connectivity index (χ0n) is 24.0. The molecule has 0 saturated heterocycles. The third-order valence-corrected chi connectivity index (χ3v) is 5.95. The quantitative estimate of drug-likeness (QED) is 0.266. The molecule has 206 valence electrons. The largest absolute Gasteiger partial charge is 0.444 e. The predicted octanol–water partition coefficient (Wildman–Crippen LogP) is 5.58. The Hall–Kier alpha value is -3.01. The number of alkyl carbamates (subject to hydrolysis) is 1. The Morgan fingerprint density at radius 1 is 1.00 bits per heavy atom. The van der Waals surface area contributed by atoms with E-state index in [-0.39, 0.29) is 23.8 Å². The molecule has 7 nitrogen and oxygen atoms in total. The van der Waals surface area contributed by atoms with E-state index in [1.54, 1.807) is 49.9 Å². The molecule has 1 aromatic carbocycles. The normalized spacial score (nSPS) is 13.7. The molecule has 1 aromatic rings. The van der Waals surface area contributed by atoms with Gasteiger partial charge in [-0.3, -0.25) is 9.59 Å². The van der Waals surface area contributed by atoms with Crippen LogP contribution in [-0.4, -0.2) is 47.0 Å². The van der Waals surface area contributed by atoms with Crippen LogP contribution in [0.2, 0.25) is 0 Å². The fraction of sp³-hybridized carbons (Fsp3) is 0.633. The highest BCUT2D eigenvalue weighted by atomic mass is 16.6. The number of rotatable bonds is 13. The van der Waals surface area contributed by atoms with Gasteiger partial charge in [0.05, 0.1) is 0 Å². The molecule has 0 bridgehead atoms. The molecule has 3 atom stereocenters. The highest BCUT2D eigenvalue weighted by Crippen LogP contribution is 2.25. The maximum atomic E-state index is 14.1. The van der Waals surface area contributed by atoms with Crippen LogP contribution in [0, 0.1) is 18.3 Å². The second-order valence-corrected chi connectivity index (χ2v) is 11.0. The van der Waals surface area contributed by atoms with Crippen molar-refractivity contribution in [3.8, 4) is 12.3 Å². The summed E-state index contributed by atoms with van der Waals surface area (Å²) in [5, 5.41) is 5.85. The molecule has 0 heterocycles. The zero-order chi connectivity index (χ0) is 28.2. The van der Waals surface area contributed by atoms with E-state index < -0.39 is 23.8 Å². The van der Waals surface area contributed by atoms with Gasteiger partial charge in [-0.05, 0) is 64.2 Å². The Balaban J connectivity index is 3.49. The molecule has 0 aliphatic rings. The minimum absolute atomic E-state index is 0.0432. The van der Waals surface area contributed by atoms with Crippen LogP contribution >= 0.6 is 0 Å². The molecule has 3 unspecified atom stereocenters. The number of ether oxygens (including phenoxy) is 1. The summed E-state index contributed by atoms with van der Waals surface area (Å²) in [5.41, 5.74) is 0.661. The van der Waals surface area contributed by atoms with E-state index in [0.29, 0.717) is 17.7 Å². The lowest BCUT2D eigenvalue weighted by Crippen LogP contribution is -2.55. The first-order valence-electron chi connectivity index (χ1n) is 13.5. The molecule has 0 aliphatic carbocycles. The molecule has 0 aromatic heterocycles. The summed E-state index contributed by atoms with van der Waals surface area (Å²) >= 11 is 0. The van der Waals surface area contributed by atoms with Crippen molar-refractivity contribution in [2.45, 2.75) is 111 Å². The Bertz CT molecular complexity index is 912. The van der Waals surface area contributed by atoms with Gasteiger partial charge in [-0.15, -0.1) is 6.42 Å². The summed E-state index contributed by atoms with van der Waals surface area (Å²) < 4.78 is 5.43. The number of carbonyl (C=O) groups excluding carboxylic acids is 3. The summed E-state index contributed by atoms with van der Waals surface area (Å²) in [6.45, 7) is 15.5. The fourth-order valence-corrected chi connectivity index (χ4v) is 4.09. The second-order valence-electron chi connectivity index (χ2n) is 11.0. The topological polar surface area (TPSA) is 87.7 Å². The van der Waals surface area contributed by atoms with Gasteiger partial charge in [-0.2, -0.15) is 0 Å². The maximum absolute atomic E-state index is 14.1. The van der Waals surface area contributed by atoms with Gasteiger partial charge in [0, 0.05) is 18.2 Å². The van der Waals surface area contributed by atoms with Crippen molar-refractivity contribution in [2.75, 3.05) is 6.54 Å². The van der Waals surface area contributed by atoms with Crippen LogP contribution in [0.3, 0.4) is 0 Å². The van der Waals surface area contributed by atoms with E-state index in [1.165, 1.54) is 0 Å². The number of amides is 3. The number of hydrogen-bond acceptors (Lipinski definition) is 4. The van der Waals surface area contributed by atoms with Crippen LogP contribution in [-0.2, 0) is 14.3 Å². The van der Waals surface area contributed by atoms with Crippen molar-refractivity contribution in [2.24, 2.45) is 5.92 Å². The van der Waals surface area contributed by atoms with Crippen LogP contribution in [0.15, 0.2) is 24.3 Å². The Morgan fingerprint density at radius 3 is 2.11 bits per heavy atom. The van der Waals surface area contributed by atoms with Crippen molar-refractivity contribution in [1.82, 2.24) is 15.5 Å². The molecular weight excluding hydrogens is 466 g/mol. The number of terminal acetylenes is 1. The minimum atomic E-state index is -0.864. The summed E-state index contributed by atoms with van der Waals surface area (Å²) in [6, 6.07) is 5.39. The van der Waals surface area contributed by atoms with E-state index in [4.69, 9.17) is 11.2 Å². The predicted molar refractivity (Wildman–Crippen MR) is 149 cm³/mol. The Kier molecular flexibility index (Phi) is 13.2. The van der Waals surface area contributed by atoms with Gasteiger partial charge < -0.3 is 20.3 Å². The third kappa shape index (κ3) is 10.9. The lowest BCUT2D eigenvalue weighted by molar-refractivity contribution is -0.143. The molecule has 0 aliphatic heterocycles. The van der Waals surface area contributed by atoms with Crippen molar-refractivity contribution in [3.05, 3.63) is 35.4 Å². The number of nitrogens with one attached hydrogen (secondary N) is 2. The van der Waals surface area contributed by atoms with Gasteiger partial charge in [0.15, 0.2) is 0 Å². The second kappa shape index (κ2) is 15.3. The van der Waals surface area contributed by atoms with Crippen molar-refractivity contribution in [3.63, 3.8) is 0 Å². The first kappa shape index (κ1) is 32.0. The van der Waals surface area contributed by atoms with Crippen molar-refractivity contribution in [1.29, 1.82) is 0 Å². The molecule has 0 saturated carbocycles. The molecule has 37 heavy (non-hydrogen) atoms. The molecule has 0 fully saturated rings. The summed E-state index contributed by atoms with van der Waals surface area (Å²) in [5.74, 6) is 1.80. The monoisotopic (exact) mass is 513 g/mol. The minimum Gasteiger partial charge on any atom is -0.444 e. The SMILES string of the molecule is C#Cc1ccc(C(C(=O)NC(C)CCC)N(CCCCC)C(=O)C(NC(=O)OC(C)(C)C)C(C)C)cc1. The third-order valence-electron chi connectivity index (χ3n) is 5.95. The highest BCUT2D eigenvalue weighted by molar-refractivity contribution is 5.92. The number of benzene rings is 1. The van der Waals surface area contributed by atoms with Crippen LogP contribution in [0.25, 0.3) is 0 Å². The number of unbranched alkanes of at least 4 members (excludes halogenated alkanes) is 2. The average molecular weight is 514 g/mol. The van der Waals surface area contributed by atoms with E-state index in [1.807, 2.05) is 20.8 Å². The van der Waals surface area contributed by atoms with Gasteiger partial charge in [-0.25, -0.2) is 4.79 Å². The van der Waals surface area contributed by atoms with Gasteiger partial charge in [0.2, 0.25) is 11.8 Å². The molecule has 3 amide bonds. The number of hydrogen-bond donors (Lipinski definition) is 2. The average Bonchev–Trinajstić information content (AvgIpc) is 2.80. The molecule has 7 heteroatoms. The van der Waals surface area contributed by atoms with E-state index in [0.717, 1.165) is 32.1 Å². The highest BCUT2D eigenvalue weighted by Gasteiger charge is 2.37. The summed E-state index contributed by atoms with van der Waals surface area (Å²) in [6.07, 6.45) is 9.24. The lowest BCUT2D eigenvalue weighted by atomic mass is 9.97. The summed E-state index contributed by atoms with van der Waals surface area (Å²) in [7, 11) is 0. The van der Waals surface area contributed by atoms with Crippen LogP contribution in [0.1, 0.15) is 105 Å². The number of nitrogens with zero attached hydrogens (tertiary/aromatic N) is 1. The molecule has 2 N–H and O–H groups in total. The first-order chi connectivity index (χ1) is 17.3. The van der Waals surface area contributed by atoms with E-state index in [2.05, 4.69) is 30.4 Å². The maximum Gasteiger partial charge on any atom is 0.408 e. The molecular formula is C30H47N3O4. The standard InChI is InChI=1S/C30H47N3O4/c1-10-13-14-20-33(28(35)25(21(4)5)32-29(36)37-30(7,8)9)26(27(34)31-22(6)15-11-2)24-18-16-23(12-3)17-19-24/h3,16-19,21-22,25-26H,10-11,13-15,20H2,1-2,4-9H3,(H,31,34)(H,32,36). The van der Waals surface area contributed by atoms with Crippen LogP contribution < -0.4 is 10.6 Å². The zero-order valence-corrected chi connectivity index (χ0v) is 24.0. The van der Waals surface area contributed by atoms with Gasteiger partial charge in [-0.1, -0.05) is 65.0 Å². The Morgan fingerprint density at radius 2 is 1.62 bits per heavy atom. The van der Waals surface area contributed by atoms with Crippen molar-refractivity contribution >= 4 is 17.9 Å². The van der Waals surface area contributed by atoms with Crippen molar-refractivity contribution < 1.29 is 19.1 Å². The summed E-state index contributed by atoms with van der Waals surface area (Å²) in [4.78, 5) is 42.0. The van der Waals surface area contributed by atoms with Crippen LogP contribution in [0.4, 0.5) is 4.79 Å². The van der Waals surface area contributed by atoms with Gasteiger partial charge in [0.25, 0.3) is 0 Å². The fourth-order valence-electron chi connectivity index (χ4n) is 4.09. The Labute approximate surface area is 224 Å². The lowest BCUT2D eigenvalue weighted by Gasteiger charge is -2.36. The van der Waals surface area contributed by atoms with Gasteiger partial charge >= 0.3 is 6.09 Å². The van der Waals surface area contributed by atoms with Gasteiger partial charge in [0.1, 0.15) is 17.7 Å².